The van der Waals surface area contributed by atoms with Crippen molar-refractivity contribution < 1.29 is 23.8 Å². The summed E-state index contributed by atoms with van der Waals surface area (Å²) in [5.41, 5.74) is -0.564. The van der Waals surface area contributed by atoms with Gasteiger partial charge in [0.2, 0.25) is 0 Å². The van der Waals surface area contributed by atoms with E-state index in [2.05, 4.69) is 0 Å². The van der Waals surface area contributed by atoms with Gasteiger partial charge < -0.3 is 14.2 Å². The van der Waals surface area contributed by atoms with Crippen molar-refractivity contribution in [2.75, 3.05) is 0 Å². The predicted octanol–water partition coefficient (Wildman–Crippen LogP) is 4.92. The minimum Gasteiger partial charge on any atom is -0.486 e. The van der Waals surface area contributed by atoms with Crippen LogP contribution in [0.25, 0.3) is 0 Å². The number of carbonyl (C=O) groups excluding carboxylic acids is 2. The van der Waals surface area contributed by atoms with Gasteiger partial charge in [0.1, 0.15) is 23.6 Å². The van der Waals surface area contributed by atoms with Gasteiger partial charge in [0.25, 0.3) is 0 Å². The summed E-state index contributed by atoms with van der Waals surface area (Å²) >= 11 is 0. The lowest BCUT2D eigenvalue weighted by atomic mass is 9.96. The van der Waals surface area contributed by atoms with Crippen molar-refractivity contribution in [1.29, 1.82) is 0 Å². The van der Waals surface area contributed by atoms with Crippen LogP contribution in [-0.2, 0) is 19.1 Å². The molecule has 0 aromatic heterocycles. The molecule has 0 amide bonds. The number of hydrogen-bond donors (Lipinski definition) is 0. The van der Waals surface area contributed by atoms with Crippen molar-refractivity contribution in [3.8, 4) is 5.75 Å². The first-order valence-electron chi connectivity index (χ1n) is 10.3. The minimum atomic E-state index is -0.564. The Balaban J connectivity index is 1.96. The van der Waals surface area contributed by atoms with Crippen LogP contribution >= 0.6 is 0 Å². The molecule has 1 saturated carbocycles. The number of ether oxygens (including phenoxy) is 3. The normalized spacial score (nSPS) is 18.2. The summed E-state index contributed by atoms with van der Waals surface area (Å²) < 4.78 is 17.2. The second-order valence-electron chi connectivity index (χ2n) is 8.77. The first-order valence-corrected chi connectivity index (χ1v) is 10.3. The van der Waals surface area contributed by atoms with Gasteiger partial charge in [-0.05, 0) is 58.6 Å². The van der Waals surface area contributed by atoms with Crippen molar-refractivity contribution in [3.63, 3.8) is 0 Å². The van der Waals surface area contributed by atoms with E-state index in [0.717, 1.165) is 18.6 Å². The van der Waals surface area contributed by atoms with E-state index in [1.807, 2.05) is 58.0 Å². The average Bonchev–Trinajstić information content (AvgIpc) is 3.12. The summed E-state index contributed by atoms with van der Waals surface area (Å²) in [6.07, 6.45) is 3.93. The van der Waals surface area contributed by atoms with Gasteiger partial charge in [0.05, 0.1) is 12.3 Å². The summed E-state index contributed by atoms with van der Waals surface area (Å²) in [4.78, 5) is 24.5. The number of benzene rings is 1. The maximum atomic E-state index is 12.5. The molecule has 5 heteroatoms. The molecule has 1 fully saturated rings. The Labute approximate surface area is 168 Å². The van der Waals surface area contributed by atoms with Crippen LogP contribution in [0.4, 0.5) is 0 Å². The van der Waals surface area contributed by atoms with E-state index in [4.69, 9.17) is 14.2 Å². The summed E-state index contributed by atoms with van der Waals surface area (Å²) in [5, 5.41) is 0. The fraction of sp³-hybridized carbons (Fsp3) is 0.652. The quantitative estimate of drug-likeness (QED) is 0.589. The van der Waals surface area contributed by atoms with Crippen LogP contribution in [-0.4, -0.2) is 29.7 Å². The lowest BCUT2D eigenvalue weighted by Gasteiger charge is -2.30. The third kappa shape index (κ3) is 7.17. The molecule has 0 saturated heterocycles. The molecular weight excluding hydrogens is 356 g/mol. The Bertz CT molecular complexity index is 628. The molecular formula is C23H34O5. The van der Waals surface area contributed by atoms with Gasteiger partial charge in [-0.3, -0.25) is 9.59 Å². The van der Waals surface area contributed by atoms with E-state index in [0.29, 0.717) is 5.92 Å². The SMILES string of the molecule is C[C@H](CC(=O)OC(C)(C)C)C(=O)O[C@@H](C)[C@H](Oc1ccccc1)C1CCCC1. The van der Waals surface area contributed by atoms with Crippen LogP contribution in [0.15, 0.2) is 30.3 Å². The molecule has 0 bridgehead atoms. The highest BCUT2D eigenvalue weighted by Gasteiger charge is 2.34. The van der Waals surface area contributed by atoms with Crippen LogP contribution in [0.3, 0.4) is 0 Å². The number of para-hydroxylation sites is 1. The summed E-state index contributed by atoms with van der Waals surface area (Å²) in [7, 11) is 0. The zero-order chi connectivity index (χ0) is 20.7. The van der Waals surface area contributed by atoms with Crippen LogP contribution < -0.4 is 4.74 Å². The maximum absolute atomic E-state index is 12.5. The molecule has 1 aliphatic rings. The van der Waals surface area contributed by atoms with Crippen molar-refractivity contribution in [2.24, 2.45) is 11.8 Å². The van der Waals surface area contributed by atoms with E-state index in [1.165, 1.54) is 12.8 Å². The third-order valence-electron chi connectivity index (χ3n) is 4.94. The first-order chi connectivity index (χ1) is 13.2. The van der Waals surface area contributed by atoms with Crippen molar-refractivity contribution in [3.05, 3.63) is 30.3 Å². The molecule has 0 spiro atoms. The molecule has 0 aliphatic heterocycles. The molecule has 0 radical (unpaired) electrons. The largest absolute Gasteiger partial charge is 0.486 e. The molecule has 1 aromatic carbocycles. The lowest BCUT2D eigenvalue weighted by Crippen LogP contribution is -2.40. The van der Waals surface area contributed by atoms with E-state index in [-0.39, 0.29) is 12.5 Å². The monoisotopic (exact) mass is 390 g/mol. The molecule has 0 unspecified atom stereocenters. The zero-order valence-corrected chi connectivity index (χ0v) is 17.8. The van der Waals surface area contributed by atoms with Gasteiger partial charge >= 0.3 is 11.9 Å². The van der Waals surface area contributed by atoms with Gasteiger partial charge in [-0.15, -0.1) is 0 Å². The number of hydrogen-bond acceptors (Lipinski definition) is 5. The average molecular weight is 391 g/mol. The van der Waals surface area contributed by atoms with E-state index in [9.17, 15) is 9.59 Å². The van der Waals surface area contributed by atoms with Crippen molar-refractivity contribution in [2.45, 2.75) is 84.5 Å². The summed E-state index contributed by atoms with van der Waals surface area (Å²) in [6, 6.07) is 9.64. The molecule has 28 heavy (non-hydrogen) atoms. The highest BCUT2D eigenvalue weighted by atomic mass is 16.6. The van der Waals surface area contributed by atoms with Gasteiger partial charge in [-0.2, -0.15) is 0 Å². The fourth-order valence-corrected chi connectivity index (χ4v) is 3.60. The first kappa shape index (κ1) is 22.3. The Morgan fingerprint density at radius 2 is 1.68 bits per heavy atom. The maximum Gasteiger partial charge on any atom is 0.309 e. The van der Waals surface area contributed by atoms with Crippen LogP contribution in [0.1, 0.15) is 66.7 Å². The minimum absolute atomic E-state index is 0.0104. The van der Waals surface area contributed by atoms with E-state index in [1.54, 1.807) is 6.92 Å². The summed E-state index contributed by atoms with van der Waals surface area (Å²) in [5.74, 6) is -0.193. The topological polar surface area (TPSA) is 61.8 Å². The van der Waals surface area contributed by atoms with Crippen molar-refractivity contribution >= 4 is 11.9 Å². The Morgan fingerprint density at radius 1 is 1.07 bits per heavy atom. The molecule has 1 aliphatic carbocycles. The van der Waals surface area contributed by atoms with Gasteiger partial charge in [0.15, 0.2) is 0 Å². The fourth-order valence-electron chi connectivity index (χ4n) is 3.60. The van der Waals surface area contributed by atoms with Gasteiger partial charge in [0, 0.05) is 0 Å². The summed E-state index contributed by atoms with van der Waals surface area (Å²) in [6.45, 7) is 9.00. The highest BCUT2D eigenvalue weighted by Crippen LogP contribution is 2.32. The van der Waals surface area contributed by atoms with Gasteiger partial charge in [-0.1, -0.05) is 38.0 Å². The molecule has 3 atom stereocenters. The second-order valence-corrected chi connectivity index (χ2v) is 8.77. The zero-order valence-electron chi connectivity index (χ0n) is 17.8. The second kappa shape index (κ2) is 9.94. The Morgan fingerprint density at radius 3 is 2.25 bits per heavy atom. The number of carbonyl (C=O) groups is 2. The lowest BCUT2D eigenvalue weighted by molar-refractivity contribution is -0.166. The van der Waals surface area contributed by atoms with Crippen LogP contribution in [0.2, 0.25) is 0 Å². The standard InChI is InChI=1S/C23H34O5/c1-16(15-20(24)28-23(3,4)5)22(25)26-17(2)21(18-11-9-10-12-18)27-19-13-7-6-8-14-19/h6-8,13-14,16-18,21H,9-12,15H2,1-5H3/t16-,17+,21+/m1/s1. The molecule has 0 N–H and O–H groups in total. The third-order valence-corrected chi connectivity index (χ3v) is 4.94. The highest BCUT2D eigenvalue weighted by molar-refractivity contribution is 5.79. The van der Waals surface area contributed by atoms with E-state index >= 15 is 0 Å². The van der Waals surface area contributed by atoms with E-state index < -0.39 is 29.6 Å². The number of rotatable bonds is 8. The van der Waals surface area contributed by atoms with Crippen LogP contribution in [0, 0.1) is 11.8 Å². The van der Waals surface area contributed by atoms with Crippen LogP contribution in [0.5, 0.6) is 5.75 Å². The molecule has 0 heterocycles. The molecule has 156 valence electrons. The van der Waals surface area contributed by atoms with Gasteiger partial charge in [-0.25, -0.2) is 0 Å². The van der Waals surface area contributed by atoms with Crippen molar-refractivity contribution in [1.82, 2.24) is 0 Å². The smallest absolute Gasteiger partial charge is 0.309 e. The predicted molar refractivity (Wildman–Crippen MR) is 108 cm³/mol. The Hall–Kier alpha value is -2.04. The molecule has 2 rings (SSSR count). The molecule has 1 aromatic rings. The molecule has 5 nitrogen and oxygen atoms in total. The number of esters is 2. The Kier molecular flexibility index (Phi) is 7.90.